The molecule has 0 aliphatic heterocycles. The van der Waals surface area contributed by atoms with Crippen LogP contribution in [0.25, 0.3) is 0 Å². The molecule has 39 heavy (non-hydrogen) atoms. The SMILES string of the molecule is NC(=O)[C@H](N)CCCCNC(=O)NCC(COCC(CO)CO)(COCC(CO)CO)COCC(CO)CO. The number of urea groups is 1. The van der Waals surface area contributed by atoms with E-state index in [2.05, 4.69) is 10.6 Å². The van der Waals surface area contributed by atoms with E-state index in [1.165, 1.54) is 0 Å². The van der Waals surface area contributed by atoms with Crippen LogP contribution in [0.1, 0.15) is 19.3 Å². The zero-order valence-electron chi connectivity index (χ0n) is 22.7. The largest absolute Gasteiger partial charge is 0.396 e. The highest BCUT2D eigenvalue weighted by Gasteiger charge is 2.33. The molecular weight excluding hydrogens is 520 g/mol. The molecule has 15 nitrogen and oxygen atoms in total. The van der Waals surface area contributed by atoms with Crippen LogP contribution in [0.5, 0.6) is 0 Å². The summed E-state index contributed by atoms with van der Waals surface area (Å²) in [5, 5.41) is 61.5. The fourth-order valence-electron chi connectivity index (χ4n) is 3.26. The van der Waals surface area contributed by atoms with Crippen LogP contribution in [0.2, 0.25) is 0 Å². The number of hydrogen-bond donors (Lipinski definition) is 10. The molecule has 0 saturated heterocycles. The van der Waals surface area contributed by atoms with Crippen molar-refractivity contribution in [3.05, 3.63) is 0 Å². The number of ether oxygens (including phenoxy) is 3. The molecule has 0 saturated carbocycles. The van der Waals surface area contributed by atoms with Crippen molar-refractivity contribution in [3.63, 3.8) is 0 Å². The first-order valence-corrected chi connectivity index (χ1v) is 13.2. The van der Waals surface area contributed by atoms with Crippen LogP contribution in [0.15, 0.2) is 0 Å². The summed E-state index contributed by atoms with van der Waals surface area (Å²) in [6.07, 6.45) is 1.57. The second kappa shape index (κ2) is 23.1. The Morgan fingerprint density at radius 2 is 1.10 bits per heavy atom. The van der Waals surface area contributed by atoms with Crippen LogP contribution >= 0.6 is 0 Å². The average molecular weight is 571 g/mol. The van der Waals surface area contributed by atoms with Crippen molar-refractivity contribution < 1.29 is 54.4 Å². The number of aliphatic hydroxyl groups is 6. The maximum absolute atomic E-state index is 12.5. The maximum Gasteiger partial charge on any atom is 0.314 e. The van der Waals surface area contributed by atoms with Gasteiger partial charge in [-0.1, -0.05) is 0 Å². The molecule has 12 N–H and O–H groups in total. The van der Waals surface area contributed by atoms with E-state index < -0.39 is 41.1 Å². The number of amides is 3. The van der Waals surface area contributed by atoms with Crippen molar-refractivity contribution in [2.45, 2.75) is 25.3 Å². The molecule has 0 aromatic carbocycles. The zero-order chi connectivity index (χ0) is 29.5. The summed E-state index contributed by atoms with van der Waals surface area (Å²) in [5.74, 6) is -2.11. The highest BCUT2D eigenvalue weighted by Crippen LogP contribution is 2.21. The van der Waals surface area contributed by atoms with Gasteiger partial charge in [0.15, 0.2) is 0 Å². The van der Waals surface area contributed by atoms with Crippen LogP contribution in [-0.4, -0.2) is 141 Å². The van der Waals surface area contributed by atoms with Gasteiger partial charge in [0.05, 0.1) is 90.7 Å². The third kappa shape index (κ3) is 17.6. The quantitative estimate of drug-likeness (QED) is 0.0448. The van der Waals surface area contributed by atoms with Crippen LogP contribution in [0, 0.1) is 23.2 Å². The lowest BCUT2D eigenvalue weighted by molar-refractivity contribution is -0.119. The second-order valence-electron chi connectivity index (χ2n) is 9.85. The van der Waals surface area contributed by atoms with Crippen molar-refractivity contribution >= 4 is 11.9 Å². The van der Waals surface area contributed by atoms with E-state index in [-0.39, 0.29) is 85.8 Å². The average Bonchev–Trinajstić information content (AvgIpc) is 2.94. The summed E-state index contributed by atoms with van der Waals surface area (Å²) in [7, 11) is 0. The maximum atomic E-state index is 12.5. The standard InChI is InChI=1S/C24H50N4O11/c25-21(22(26)35)3-1-2-4-27-23(36)28-14-24(15-37-11-18(5-29)6-30,16-38-12-19(7-31)8-32)17-39-13-20(9-33)10-34/h18-21,29-34H,1-17,25H2,(H2,26,35)(H2,27,28,36)/t21-/m1/s1. The lowest BCUT2D eigenvalue weighted by Gasteiger charge is -2.34. The molecule has 0 spiro atoms. The number of rotatable bonds is 26. The molecule has 0 unspecified atom stereocenters. The normalized spacial score (nSPS) is 12.9. The van der Waals surface area contributed by atoms with Gasteiger partial charge >= 0.3 is 6.03 Å². The van der Waals surface area contributed by atoms with Crippen LogP contribution in [0.3, 0.4) is 0 Å². The van der Waals surface area contributed by atoms with Crippen molar-refractivity contribution in [1.82, 2.24) is 10.6 Å². The number of carbonyl (C=O) groups is 2. The summed E-state index contributed by atoms with van der Waals surface area (Å²) >= 11 is 0. The van der Waals surface area contributed by atoms with Gasteiger partial charge in [-0.15, -0.1) is 0 Å². The summed E-state index contributed by atoms with van der Waals surface area (Å²) in [6, 6.07) is -1.21. The van der Waals surface area contributed by atoms with Crippen molar-refractivity contribution in [2.24, 2.45) is 34.6 Å². The molecule has 0 radical (unpaired) electrons. The molecule has 0 aliphatic rings. The molecule has 0 aromatic rings. The number of unbranched alkanes of at least 4 members (excludes halogenated alkanes) is 1. The van der Waals surface area contributed by atoms with Crippen LogP contribution in [-0.2, 0) is 19.0 Å². The van der Waals surface area contributed by atoms with Crippen molar-refractivity contribution in [3.8, 4) is 0 Å². The van der Waals surface area contributed by atoms with Crippen molar-refractivity contribution in [2.75, 3.05) is 92.4 Å². The van der Waals surface area contributed by atoms with Gasteiger partial charge < -0.3 is 67.0 Å². The van der Waals surface area contributed by atoms with Crippen LogP contribution < -0.4 is 22.1 Å². The molecule has 3 amide bonds. The molecule has 232 valence electrons. The molecular formula is C24H50N4O11. The molecule has 0 aliphatic carbocycles. The Labute approximate surface area is 229 Å². The second-order valence-corrected chi connectivity index (χ2v) is 9.85. The number of hydrogen-bond acceptors (Lipinski definition) is 12. The highest BCUT2D eigenvalue weighted by molar-refractivity contribution is 5.79. The van der Waals surface area contributed by atoms with E-state index >= 15 is 0 Å². The van der Waals surface area contributed by atoms with E-state index in [4.69, 9.17) is 25.7 Å². The monoisotopic (exact) mass is 570 g/mol. The number of aliphatic hydroxyl groups excluding tert-OH is 6. The van der Waals surface area contributed by atoms with Gasteiger partial charge in [-0.2, -0.15) is 0 Å². The smallest absolute Gasteiger partial charge is 0.314 e. The fourth-order valence-corrected chi connectivity index (χ4v) is 3.26. The van der Waals surface area contributed by atoms with Crippen LogP contribution in [0.4, 0.5) is 4.79 Å². The highest BCUT2D eigenvalue weighted by atomic mass is 16.5. The molecule has 0 bridgehead atoms. The topological polar surface area (TPSA) is 259 Å². The first kappa shape index (κ1) is 37.3. The Bertz CT molecular complexity index is 575. The predicted molar refractivity (Wildman–Crippen MR) is 140 cm³/mol. The first-order chi connectivity index (χ1) is 18.7. The summed E-state index contributed by atoms with van der Waals surface area (Å²) in [4.78, 5) is 23.5. The van der Waals surface area contributed by atoms with Gasteiger partial charge in [-0.05, 0) is 19.3 Å². The van der Waals surface area contributed by atoms with Gasteiger partial charge in [0.1, 0.15) is 0 Å². The lowest BCUT2D eigenvalue weighted by Crippen LogP contribution is -2.50. The Kier molecular flexibility index (Phi) is 22.1. The van der Waals surface area contributed by atoms with E-state index in [1.807, 2.05) is 0 Å². The predicted octanol–water partition coefficient (Wildman–Crippen LogP) is -3.89. The molecule has 0 fully saturated rings. The summed E-state index contributed by atoms with van der Waals surface area (Å²) in [6.45, 7) is -1.34. The van der Waals surface area contributed by atoms with Gasteiger partial charge in [-0.3, -0.25) is 4.79 Å². The number of nitrogens with two attached hydrogens (primary N) is 2. The van der Waals surface area contributed by atoms with Gasteiger partial charge in [0.25, 0.3) is 0 Å². The Hall–Kier alpha value is -1.66. The fraction of sp³-hybridized carbons (Fsp3) is 0.917. The Morgan fingerprint density at radius 1 is 0.692 bits per heavy atom. The number of primary amides is 1. The number of carbonyl (C=O) groups excluding carboxylic acids is 2. The third-order valence-corrected chi connectivity index (χ3v) is 6.05. The first-order valence-electron chi connectivity index (χ1n) is 13.2. The minimum absolute atomic E-state index is 0.0133. The molecule has 0 rings (SSSR count). The molecule has 0 aromatic heterocycles. The Morgan fingerprint density at radius 3 is 1.46 bits per heavy atom. The van der Waals surface area contributed by atoms with Gasteiger partial charge in [0, 0.05) is 30.8 Å². The Balaban J connectivity index is 5.28. The minimum atomic E-state index is -0.980. The van der Waals surface area contributed by atoms with E-state index in [9.17, 15) is 40.2 Å². The third-order valence-electron chi connectivity index (χ3n) is 6.05. The van der Waals surface area contributed by atoms with E-state index in [0.29, 0.717) is 25.8 Å². The number of nitrogens with one attached hydrogen (secondary N) is 2. The molecule has 0 heterocycles. The molecule has 15 heteroatoms. The van der Waals surface area contributed by atoms with Crippen molar-refractivity contribution in [1.29, 1.82) is 0 Å². The zero-order valence-corrected chi connectivity index (χ0v) is 22.7. The minimum Gasteiger partial charge on any atom is -0.396 e. The molecule has 1 atom stereocenters. The van der Waals surface area contributed by atoms with Gasteiger partial charge in [0.2, 0.25) is 5.91 Å². The van der Waals surface area contributed by atoms with E-state index in [1.54, 1.807) is 0 Å². The van der Waals surface area contributed by atoms with E-state index in [0.717, 1.165) is 0 Å². The summed E-state index contributed by atoms with van der Waals surface area (Å²) in [5.41, 5.74) is 9.74. The van der Waals surface area contributed by atoms with Gasteiger partial charge in [-0.25, -0.2) is 4.79 Å². The summed E-state index contributed by atoms with van der Waals surface area (Å²) < 4.78 is 17.3. The lowest BCUT2D eigenvalue weighted by atomic mass is 9.90.